The van der Waals surface area contributed by atoms with Crippen molar-refractivity contribution >= 4 is 23.1 Å². The minimum atomic E-state index is -2.93. The third kappa shape index (κ3) is 5.19. The molecular weight excluding hydrogens is 326 g/mol. The fraction of sp³-hybridized carbons (Fsp3) is 0.267. The van der Waals surface area contributed by atoms with Crippen LogP contribution in [-0.4, -0.2) is 24.3 Å². The summed E-state index contributed by atoms with van der Waals surface area (Å²) in [5.74, 6) is -0.0527. The smallest absolute Gasteiger partial charge is 0.387 e. The molecule has 1 aromatic heterocycles. The van der Waals surface area contributed by atoms with Crippen molar-refractivity contribution in [1.82, 2.24) is 5.32 Å². The molecule has 2 aromatic rings. The van der Waals surface area contributed by atoms with Crippen molar-refractivity contribution in [1.29, 1.82) is 0 Å². The number of amides is 2. The Hall–Kier alpha value is -2.19. The van der Waals surface area contributed by atoms with E-state index in [9.17, 15) is 18.7 Å². The molecule has 8 heteroatoms. The maximum Gasteiger partial charge on any atom is 0.387 e. The van der Waals surface area contributed by atoms with E-state index in [2.05, 4.69) is 15.4 Å². The van der Waals surface area contributed by atoms with Crippen LogP contribution in [0, 0.1) is 0 Å². The van der Waals surface area contributed by atoms with Crippen molar-refractivity contribution in [2.75, 3.05) is 11.9 Å². The highest BCUT2D eigenvalue weighted by Gasteiger charge is 2.24. The van der Waals surface area contributed by atoms with Crippen LogP contribution in [0.1, 0.15) is 12.5 Å². The zero-order chi connectivity index (χ0) is 16.9. The molecule has 124 valence electrons. The fourth-order valence-electron chi connectivity index (χ4n) is 1.85. The van der Waals surface area contributed by atoms with Crippen LogP contribution >= 0.6 is 11.3 Å². The first kappa shape index (κ1) is 17.2. The molecule has 2 rings (SSSR count). The van der Waals surface area contributed by atoms with E-state index in [-0.39, 0.29) is 12.3 Å². The van der Waals surface area contributed by atoms with Gasteiger partial charge in [-0.05, 0) is 41.4 Å². The second kappa shape index (κ2) is 7.38. The first-order chi connectivity index (χ1) is 10.9. The largest absolute Gasteiger partial charge is 0.435 e. The van der Waals surface area contributed by atoms with E-state index in [1.807, 2.05) is 5.38 Å². The Morgan fingerprint density at radius 3 is 2.87 bits per heavy atom. The molecule has 5 nitrogen and oxygen atoms in total. The van der Waals surface area contributed by atoms with Crippen LogP contribution < -0.4 is 15.4 Å². The zero-order valence-electron chi connectivity index (χ0n) is 12.3. The van der Waals surface area contributed by atoms with E-state index >= 15 is 0 Å². The van der Waals surface area contributed by atoms with E-state index in [1.165, 1.54) is 35.6 Å². The van der Waals surface area contributed by atoms with Crippen molar-refractivity contribution < 1.29 is 23.4 Å². The molecule has 0 aliphatic rings. The molecule has 0 saturated heterocycles. The average molecular weight is 342 g/mol. The van der Waals surface area contributed by atoms with Crippen LogP contribution in [0.3, 0.4) is 0 Å². The van der Waals surface area contributed by atoms with Crippen molar-refractivity contribution in [3.05, 3.63) is 46.7 Å². The summed E-state index contributed by atoms with van der Waals surface area (Å²) >= 11 is 1.45. The Morgan fingerprint density at radius 1 is 1.43 bits per heavy atom. The SMILES string of the molecule is C[C@@](O)(CNC(=O)Nc1cccc(OC(F)F)c1)c1ccsc1. The molecule has 0 spiro atoms. The van der Waals surface area contributed by atoms with Gasteiger partial charge in [-0.3, -0.25) is 0 Å². The predicted octanol–water partition coefficient (Wildman–Crippen LogP) is 3.38. The summed E-state index contributed by atoms with van der Waals surface area (Å²) in [5.41, 5.74) is -0.191. The highest BCUT2D eigenvalue weighted by molar-refractivity contribution is 7.08. The lowest BCUT2D eigenvalue weighted by Gasteiger charge is -2.22. The molecule has 3 N–H and O–H groups in total. The maximum atomic E-state index is 12.2. The first-order valence-corrected chi connectivity index (χ1v) is 7.66. The number of aliphatic hydroxyl groups is 1. The van der Waals surface area contributed by atoms with Gasteiger partial charge in [0.1, 0.15) is 11.4 Å². The lowest BCUT2D eigenvalue weighted by atomic mass is 9.99. The molecule has 0 aliphatic heterocycles. The number of hydrogen-bond donors (Lipinski definition) is 3. The average Bonchev–Trinajstić information content (AvgIpc) is 3.00. The summed E-state index contributed by atoms with van der Waals surface area (Å²) in [6.07, 6.45) is 0. The van der Waals surface area contributed by atoms with Gasteiger partial charge in [-0.2, -0.15) is 20.1 Å². The molecule has 2 amide bonds. The quantitative estimate of drug-likeness (QED) is 0.754. The number of rotatable bonds is 6. The molecule has 0 bridgehead atoms. The molecular formula is C15H16F2N2O3S. The summed E-state index contributed by atoms with van der Waals surface area (Å²) in [6, 6.07) is 6.87. The second-order valence-electron chi connectivity index (χ2n) is 5.00. The summed E-state index contributed by atoms with van der Waals surface area (Å²) in [7, 11) is 0. The van der Waals surface area contributed by atoms with Crippen LogP contribution in [0.4, 0.5) is 19.3 Å². The fourth-order valence-corrected chi connectivity index (χ4v) is 2.63. The van der Waals surface area contributed by atoms with E-state index in [1.54, 1.807) is 18.4 Å². The van der Waals surface area contributed by atoms with Gasteiger partial charge in [0, 0.05) is 11.8 Å². The standard InChI is InChI=1S/C15H16F2N2O3S/c1-15(21,10-5-6-23-8-10)9-18-14(20)19-11-3-2-4-12(7-11)22-13(16)17/h2-8,13,21H,9H2,1H3,(H2,18,19,20)/t15-/m1/s1. The van der Waals surface area contributed by atoms with Crippen LogP contribution in [0.15, 0.2) is 41.1 Å². The van der Waals surface area contributed by atoms with E-state index < -0.39 is 18.2 Å². The van der Waals surface area contributed by atoms with Crippen molar-refractivity contribution in [3.8, 4) is 5.75 Å². The Kier molecular flexibility index (Phi) is 5.51. The number of anilines is 1. The summed E-state index contributed by atoms with van der Waals surface area (Å²) in [5, 5.41) is 18.9. The van der Waals surface area contributed by atoms with Gasteiger partial charge >= 0.3 is 12.6 Å². The van der Waals surface area contributed by atoms with Crippen LogP contribution in [-0.2, 0) is 5.60 Å². The number of carbonyl (C=O) groups excluding carboxylic acids is 1. The van der Waals surface area contributed by atoms with E-state index in [0.717, 1.165) is 0 Å². The number of nitrogens with one attached hydrogen (secondary N) is 2. The molecule has 0 unspecified atom stereocenters. The Labute approximate surface area is 135 Å². The third-order valence-electron chi connectivity index (χ3n) is 3.05. The number of thiophene rings is 1. The van der Waals surface area contributed by atoms with Gasteiger partial charge in [-0.15, -0.1) is 0 Å². The zero-order valence-corrected chi connectivity index (χ0v) is 13.1. The van der Waals surface area contributed by atoms with Crippen molar-refractivity contribution in [3.63, 3.8) is 0 Å². The number of urea groups is 1. The molecule has 23 heavy (non-hydrogen) atoms. The highest BCUT2D eigenvalue weighted by Crippen LogP contribution is 2.22. The second-order valence-corrected chi connectivity index (χ2v) is 5.78. The Bertz CT molecular complexity index is 648. The minimum Gasteiger partial charge on any atom is -0.435 e. The summed E-state index contributed by atoms with van der Waals surface area (Å²) < 4.78 is 28.6. The van der Waals surface area contributed by atoms with Gasteiger partial charge in [-0.1, -0.05) is 6.07 Å². The molecule has 1 atom stereocenters. The number of hydrogen-bond acceptors (Lipinski definition) is 4. The van der Waals surface area contributed by atoms with Crippen LogP contribution in [0.2, 0.25) is 0 Å². The van der Waals surface area contributed by atoms with E-state index in [0.29, 0.717) is 11.3 Å². The molecule has 0 radical (unpaired) electrons. The number of carbonyl (C=O) groups is 1. The van der Waals surface area contributed by atoms with Crippen molar-refractivity contribution in [2.45, 2.75) is 19.1 Å². The third-order valence-corrected chi connectivity index (χ3v) is 3.74. The number of ether oxygens (including phenoxy) is 1. The summed E-state index contributed by atoms with van der Waals surface area (Å²) in [4.78, 5) is 11.8. The lowest BCUT2D eigenvalue weighted by Crippen LogP contribution is -2.40. The molecule has 0 saturated carbocycles. The van der Waals surface area contributed by atoms with Gasteiger partial charge in [0.2, 0.25) is 0 Å². The number of halogens is 2. The predicted molar refractivity (Wildman–Crippen MR) is 84.0 cm³/mol. The lowest BCUT2D eigenvalue weighted by molar-refractivity contribution is -0.0498. The number of alkyl halides is 2. The highest BCUT2D eigenvalue weighted by atomic mass is 32.1. The van der Waals surface area contributed by atoms with Gasteiger partial charge in [0.05, 0.1) is 6.54 Å². The van der Waals surface area contributed by atoms with Gasteiger partial charge in [0.25, 0.3) is 0 Å². The van der Waals surface area contributed by atoms with Gasteiger partial charge in [-0.25, -0.2) is 4.79 Å². The first-order valence-electron chi connectivity index (χ1n) is 6.71. The number of benzene rings is 1. The van der Waals surface area contributed by atoms with Crippen molar-refractivity contribution in [2.24, 2.45) is 0 Å². The molecule has 0 aliphatic carbocycles. The molecule has 1 heterocycles. The van der Waals surface area contributed by atoms with Crippen LogP contribution in [0.25, 0.3) is 0 Å². The Balaban J connectivity index is 1.90. The normalized spacial score (nSPS) is 13.4. The maximum absolute atomic E-state index is 12.2. The van der Waals surface area contributed by atoms with Gasteiger partial charge in [0.15, 0.2) is 0 Å². The summed E-state index contributed by atoms with van der Waals surface area (Å²) in [6.45, 7) is -1.34. The van der Waals surface area contributed by atoms with E-state index in [4.69, 9.17) is 0 Å². The monoisotopic (exact) mass is 342 g/mol. The topological polar surface area (TPSA) is 70.6 Å². The van der Waals surface area contributed by atoms with Crippen LogP contribution in [0.5, 0.6) is 5.75 Å². The van der Waals surface area contributed by atoms with Gasteiger partial charge < -0.3 is 20.5 Å². The molecule has 0 fully saturated rings. The Morgan fingerprint density at radius 2 is 2.22 bits per heavy atom. The minimum absolute atomic E-state index is 0.00277. The molecule has 1 aromatic carbocycles.